The first-order valence-electron chi connectivity index (χ1n) is 8.89. The Balaban J connectivity index is 1.56. The van der Waals surface area contributed by atoms with E-state index < -0.39 is 10.0 Å². The molecule has 2 aromatic carbocycles. The van der Waals surface area contributed by atoms with Crippen LogP contribution in [0.25, 0.3) is 0 Å². The van der Waals surface area contributed by atoms with Crippen LogP contribution in [0.2, 0.25) is 0 Å². The number of amidine groups is 1. The predicted octanol–water partition coefficient (Wildman–Crippen LogP) is 3.27. The van der Waals surface area contributed by atoms with E-state index in [2.05, 4.69) is 15.4 Å². The van der Waals surface area contributed by atoms with E-state index in [9.17, 15) is 8.42 Å². The third-order valence-electron chi connectivity index (χ3n) is 4.89. The van der Waals surface area contributed by atoms with Gasteiger partial charge in [-0.25, -0.2) is 8.42 Å². The van der Waals surface area contributed by atoms with Gasteiger partial charge in [-0.2, -0.15) is 5.26 Å². The van der Waals surface area contributed by atoms with Crippen molar-refractivity contribution < 1.29 is 13.2 Å². The molecule has 0 aliphatic carbocycles. The first kappa shape index (κ1) is 17.6. The summed E-state index contributed by atoms with van der Waals surface area (Å²) in [6.07, 6.45) is 1.90. The van der Waals surface area contributed by atoms with E-state index in [4.69, 9.17) is 10.00 Å². The second kappa shape index (κ2) is 7.05. The summed E-state index contributed by atoms with van der Waals surface area (Å²) >= 11 is 0. The fraction of sp³-hybridized carbons (Fsp3) is 0.300. The van der Waals surface area contributed by atoms with E-state index in [1.54, 1.807) is 24.3 Å². The molecular formula is C20H19N3O3S. The lowest BCUT2D eigenvalue weighted by Crippen LogP contribution is -2.46. The molecule has 0 radical (unpaired) electrons. The van der Waals surface area contributed by atoms with Crippen LogP contribution in [0.3, 0.4) is 0 Å². The SMILES string of the molecule is N#Cc1cccc(Oc2ccc(C3CCCN4CCS(=O)(=O)N=C34)cc2)c1. The molecule has 0 aromatic heterocycles. The Morgan fingerprint density at radius 1 is 1.11 bits per heavy atom. The Kier molecular flexibility index (Phi) is 4.58. The second-order valence-corrected chi connectivity index (χ2v) is 8.48. The highest BCUT2D eigenvalue weighted by Gasteiger charge is 2.33. The third kappa shape index (κ3) is 3.81. The summed E-state index contributed by atoms with van der Waals surface area (Å²) in [4.78, 5) is 2.09. The minimum atomic E-state index is -3.35. The lowest BCUT2D eigenvalue weighted by atomic mass is 9.89. The third-order valence-corrected chi connectivity index (χ3v) is 6.05. The van der Waals surface area contributed by atoms with Crippen LogP contribution in [0.4, 0.5) is 0 Å². The number of sulfonamides is 1. The average Bonchev–Trinajstić information content (AvgIpc) is 2.68. The Morgan fingerprint density at radius 2 is 1.93 bits per heavy atom. The van der Waals surface area contributed by atoms with Crippen molar-refractivity contribution in [1.29, 1.82) is 5.26 Å². The van der Waals surface area contributed by atoms with Crippen molar-refractivity contribution in [3.05, 3.63) is 59.7 Å². The fourth-order valence-corrected chi connectivity index (χ4v) is 4.63. The van der Waals surface area contributed by atoms with Gasteiger partial charge in [0.25, 0.3) is 10.0 Å². The molecule has 0 saturated carbocycles. The molecule has 7 heteroatoms. The highest BCUT2D eigenvalue weighted by Crippen LogP contribution is 2.33. The summed E-state index contributed by atoms with van der Waals surface area (Å²) < 4.78 is 33.7. The number of piperidine rings is 1. The minimum absolute atomic E-state index is 0.00945. The van der Waals surface area contributed by atoms with E-state index in [-0.39, 0.29) is 11.7 Å². The molecule has 6 nitrogen and oxygen atoms in total. The zero-order valence-corrected chi connectivity index (χ0v) is 15.5. The number of ether oxygens (including phenoxy) is 1. The van der Waals surface area contributed by atoms with Gasteiger partial charge >= 0.3 is 0 Å². The van der Waals surface area contributed by atoms with E-state index >= 15 is 0 Å². The summed E-state index contributed by atoms with van der Waals surface area (Å²) in [5, 5.41) is 8.98. The molecule has 2 heterocycles. The molecular weight excluding hydrogens is 362 g/mol. The monoisotopic (exact) mass is 381 g/mol. The first-order chi connectivity index (χ1) is 13.0. The van der Waals surface area contributed by atoms with Crippen molar-refractivity contribution in [2.24, 2.45) is 4.40 Å². The Bertz CT molecular complexity index is 1020. The normalized spacial score (nSPS) is 20.9. The average molecular weight is 381 g/mol. The van der Waals surface area contributed by atoms with Gasteiger partial charge in [0.15, 0.2) is 0 Å². The summed E-state index contributed by atoms with van der Waals surface area (Å²) in [5.74, 6) is 2.03. The fourth-order valence-electron chi connectivity index (χ4n) is 3.56. The van der Waals surface area contributed by atoms with Gasteiger partial charge < -0.3 is 9.64 Å². The van der Waals surface area contributed by atoms with Crippen LogP contribution < -0.4 is 4.74 Å². The lowest BCUT2D eigenvalue weighted by molar-refractivity contribution is 0.366. The molecule has 1 atom stereocenters. The maximum atomic E-state index is 11.9. The largest absolute Gasteiger partial charge is 0.457 e. The molecule has 2 aliphatic rings. The predicted molar refractivity (Wildman–Crippen MR) is 102 cm³/mol. The molecule has 0 amide bonds. The number of hydrogen-bond acceptors (Lipinski definition) is 5. The second-order valence-electron chi connectivity index (χ2n) is 6.73. The standard InChI is InChI=1S/C20H19N3O3S/c21-14-15-3-1-4-18(13-15)26-17-8-6-16(7-9-17)19-5-2-10-23-11-12-27(24,25)22-20(19)23/h1,3-4,6-9,13,19H,2,5,10-12H2. The first-order valence-corrected chi connectivity index (χ1v) is 10.5. The van der Waals surface area contributed by atoms with E-state index in [0.29, 0.717) is 29.4 Å². The van der Waals surface area contributed by atoms with Crippen molar-refractivity contribution >= 4 is 15.9 Å². The zero-order valence-electron chi connectivity index (χ0n) is 14.7. The Labute approximate surface area is 158 Å². The number of rotatable bonds is 3. The van der Waals surface area contributed by atoms with Gasteiger partial charge in [-0.3, -0.25) is 0 Å². The number of nitrogens with zero attached hydrogens (tertiary/aromatic N) is 3. The van der Waals surface area contributed by atoms with Gasteiger partial charge in [0.1, 0.15) is 17.3 Å². The van der Waals surface area contributed by atoms with Crippen LogP contribution in [0, 0.1) is 11.3 Å². The number of nitriles is 1. The van der Waals surface area contributed by atoms with Crippen molar-refractivity contribution in [2.45, 2.75) is 18.8 Å². The zero-order chi connectivity index (χ0) is 18.9. The van der Waals surface area contributed by atoms with Crippen LogP contribution in [0.15, 0.2) is 52.9 Å². The van der Waals surface area contributed by atoms with Crippen LogP contribution in [0.1, 0.15) is 29.9 Å². The Morgan fingerprint density at radius 3 is 2.70 bits per heavy atom. The molecule has 0 spiro atoms. The van der Waals surface area contributed by atoms with E-state index in [1.165, 1.54) is 0 Å². The molecule has 0 N–H and O–H groups in total. The minimum Gasteiger partial charge on any atom is -0.457 e. The maximum absolute atomic E-state index is 11.9. The lowest BCUT2D eigenvalue weighted by Gasteiger charge is -2.37. The van der Waals surface area contributed by atoms with Gasteiger partial charge in [-0.15, -0.1) is 4.40 Å². The number of hydrogen-bond donors (Lipinski definition) is 0. The molecule has 2 aromatic rings. The van der Waals surface area contributed by atoms with Gasteiger partial charge in [0.2, 0.25) is 0 Å². The molecule has 1 fully saturated rings. The molecule has 2 aliphatic heterocycles. The van der Waals surface area contributed by atoms with Crippen molar-refractivity contribution in [3.8, 4) is 17.6 Å². The maximum Gasteiger partial charge on any atom is 0.256 e. The van der Waals surface area contributed by atoms with E-state index in [0.717, 1.165) is 24.9 Å². The molecule has 27 heavy (non-hydrogen) atoms. The highest BCUT2D eigenvalue weighted by molar-refractivity contribution is 7.90. The molecule has 1 saturated heterocycles. The Hall–Kier alpha value is -2.85. The summed E-state index contributed by atoms with van der Waals surface area (Å²) in [6.45, 7) is 1.38. The molecule has 4 rings (SSSR count). The number of benzene rings is 2. The van der Waals surface area contributed by atoms with Gasteiger partial charge in [-0.05, 0) is 48.7 Å². The molecule has 138 valence electrons. The van der Waals surface area contributed by atoms with Crippen LogP contribution in [0.5, 0.6) is 11.5 Å². The number of fused-ring (bicyclic) bond motifs is 1. The van der Waals surface area contributed by atoms with Gasteiger partial charge in [0.05, 0.1) is 17.4 Å². The summed E-state index contributed by atoms with van der Waals surface area (Å²) in [5.41, 5.74) is 1.58. The quantitative estimate of drug-likeness (QED) is 0.815. The molecule has 1 unspecified atom stereocenters. The molecule has 0 bridgehead atoms. The highest BCUT2D eigenvalue weighted by atomic mass is 32.2. The van der Waals surface area contributed by atoms with Crippen LogP contribution >= 0.6 is 0 Å². The topological polar surface area (TPSA) is 82.8 Å². The smallest absolute Gasteiger partial charge is 0.256 e. The van der Waals surface area contributed by atoms with Crippen molar-refractivity contribution in [2.75, 3.05) is 18.8 Å². The summed E-state index contributed by atoms with van der Waals surface area (Å²) in [6, 6.07) is 16.7. The van der Waals surface area contributed by atoms with Crippen molar-refractivity contribution in [1.82, 2.24) is 4.90 Å². The van der Waals surface area contributed by atoms with Crippen LogP contribution in [-0.4, -0.2) is 38.0 Å². The van der Waals surface area contributed by atoms with E-state index in [1.807, 2.05) is 24.3 Å². The summed E-state index contributed by atoms with van der Waals surface area (Å²) in [7, 11) is -3.35. The van der Waals surface area contributed by atoms with Gasteiger partial charge in [-0.1, -0.05) is 18.2 Å². The van der Waals surface area contributed by atoms with Crippen LogP contribution in [-0.2, 0) is 10.0 Å². The van der Waals surface area contributed by atoms with Crippen molar-refractivity contribution in [3.63, 3.8) is 0 Å². The van der Waals surface area contributed by atoms with Gasteiger partial charge in [0, 0.05) is 19.0 Å².